The third-order valence-corrected chi connectivity index (χ3v) is 4.88. The molecule has 0 aromatic rings. The predicted molar refractivity (Wildman–Crippen MR) is 67.8 cm³/mol. The monoisotopic (exact) mass is 236 g/mol. The molecule has 0 atom stereocenters. The van der Waals surface area contributed by atoms with E-state index in [2.05, 4.69) is 10.6 Å². The van der Waals surface area contributed by atoms with Crippen molar-refractivity contribution in [2.75, 3.05) is 6.54 Å². The lowest BCUT2D eigenvalue weighted by atomic mass is 9.96. The second kappa shape index (κ2) is 4.51. The molecule has 0 unspecified atom stereocenters. The topological polar surface area (TPSA) is 41.1 Å². The van der Waals surface area contributed by atoms with E-state index in [0.717, 1.165) is 12.5 Å². The van der Waals surface area contributed by atoms with Crippen molar-refractivity contribution in [3.05, 3.63) is 0 Å². The van der Waals surface area contributed by atoms with Crippen LogP contribution in [-0.4, -0.2) is 18.6 Å². The number of hydrogen-bond donors (Lipinski definition) is 2. The average Bonchev–Trinajstić information content (AvgIpc) is 3.20. The molecule has 2 N–H and O–H groups in total. The number of nitrogens with one attached hydrogen (secondary N) is 2. The second-order valence-corrected chi connectivity index (χ2v) is 6.30. The van der Waals surface area contributed by atoms with E-state index in [1.807, 2.05) is 0 Å². The van der Waals surface area contributed by atoms with Crippen LogP contribution in [0.2, 0.25) is 0 Å². The first-order chi connectivity index (χ1) is 8.28. The van der Waals surface area contributed by atoms with Gasteiger partial charge in [-0.3, -0.25) is 0 Å². The normalized spacial score (nSPS) is 27.5. The summed E-state index contributed by atoms with van der Waals surface area (Å²) in [4.78, 5) is 11.8. The first kappa shape index (κ1) is 11.4. The lowest BCUT2D eigenvalue weighted by Crippen LogP contribution is -2.44. The van der Waals surface area contributed by atoms with Gasteiger partial charge in [0.1, 0.15) is 0 Å². The van der Waals surface area contributed by atoms with Crippen LogP contribution in [0.3, 0.4) is 0 Å². The molecule has 3 fully saturated rings. The Balaban J connectivity index is 1.38. The molecular weight excluding hydrogens is 212 g/mol. The van der Waals surface area contributed by atoms with Gasteiger partial charge in [0.05, 0.1) is 0 Å². The molecule has 0 heterocycles. The largest absolute Gasteiger partial charge is 0.338 e. The molecule has 3 rings (SSSR count). The van der Waals surface area contributed by atoms with E-state index in [1.165, 1.54) is 57.8 Å². The van der Waals surface area contributed by atoms with Crippen molar-refractivity contribution in [3.8, 4) is 0 Å². The van der Waals surface area contributed by atoms with Crippen LogP contribution in [0.4, 0.5) is 4.79 Å². The third kappa shape index (κ3) is 2.75. The summed E-state index contributed by atoms with van der Waals surface area (Å²) in [5, 5.41) is 6.23. The van der Waals surface area contributed by atoms with Crippen molar-refractivity contribution in [3.63, 3.8) is 0 Å². The molecule has 3 nitrogen and oxygen atoms in total. The maximum atomic E-state index is 11.8. The van der Waals surface area contributed by atoms with Crippen molar-refractivity contribution in [1.29, 1.82) is 0 Å². The van der Waals surface area contributed by atoms with Gasteiger partial charge in [0.15, 0.2) is 0 Å². The zero-order chi connectivity index (χ0) is 11.7. The van der Waals surface area contributed by atoms with E-state index < -0.39 is 0 Å². The number of hydrogen-bond acceptors (Lipinski definition) is 1. The maximum Gasteiger partial charge on any atom is 0.315 e. The van der Waals surface area contributed by atoms with Gasteiger partial charge in [0.25, 0.3) is 0 Å². The second-order valence-electron chi connectivity index (χ2n) is 6.30. The Morgan fingerprint density at radius 3 is 2.35 bits per heavy atom. The van der Waals surface area contributed by atoms with E-state index in [9.17, 15) is 4.79 Å². The molecule has 3 aliphatic carbocycles. The number of rotatable bonds is 4. The highest BCUT2D eigenvalue weighted by molar-refractivity contribution is 5.74. The fourth-order valence-electron chi connectivity index (χ4n) is 3.33. The summed E-state index contributed by atoms with van der Waals surface area (Å²) in [7, 11) is 0. The van der Waals surface area contributed by atoms with Gasteiger partial charge in [-0.05, 0) is 49.9 Å². The molecule has 2 amide bonds. The molecule has 3 heteroatoms. The zero-order valence-electron chi connectivity index (χ0n) is 10.6. The Bertz CT molecular complexity index is 289. The van der Waals surface area contributed by atoms with Crippen LogP contribution in [0, 0.1) is 11.3 Å². The van der Waals surface area contributed by atoms with Crippen molar-refractivity contribution >= 4 is 6.03 Å². The summed E-state index contributed by atoms with van der Waals surface area (Å²) in [6.07, 6.45) is 11.7. The first-order valence-electron chi connectivity index (χ1n) is 7.33. The van der Waals surface area contributed by atoms with Gasteiger partial charge >= 0.3 is 6.03 Å². The molecule has 0 bridgehead atoms. The highest BCUT2D eigenvalue weighted by atomic mass is 16.2. The number of carbonyl (C=O) groups is 1. The number of carbonyl (C=O) groups excluding carboxylic acids is 1. The molecule has 3 saturated carbocycles. The van der Waals surface area contributed by atoms with Crippen LogP contribution in [0.1, 0.15) is 57.8 Å². The SMILES string of the molecule is O=C(NCC1(C2CC2)CC1)NC1CCCCC1. The van der Waals surface area contributed by atoms with Gasteiger partial charge in [-0.15, -0.1) is 0 Å². The molecular formula is C14H24N2O. The molecule has 0 radical (unpaired) electrons. The van der Waals surface area contributed by atoms with Crippen LogP contribution in [0.25, 0.3) is 0 Å². The van der Waals surface area contributed by atoms with Crippen LogP contribution in [-0.2, 0) is 0 Å². The minimum atomic E-state index is 0.0730. The number of amides is 2. The highest BCUT2D eigenvalue weighted by Crippen LogP contribution is 2.60. The van der Waals surface area contributed by atoms with Crippen molar-refractivity contribution in [2.45, 2.75) is 63.8 Å². The van der Waals surface area contributed by atoms with Crippen LogP contribution in [0.5, 0.6) is 0 Å². The molecule has 0 spiro atoms. The summed E-state index contributed by atoms with van der Waals surface area (Å²) >= 11 is 0. The van der Waals surface area contributed by atoms with E-state index in [4.69, 9.17) is 0 Å². The quantitative estimate of drug-likeness (QED) is 0.774. The fraction of sp³-hybridized carbons (Fsp3) is 0.929. The van der Waals surface area contributed by atoms with Crippen molar-refractivity contribution < 1.29 is 4.79 Å². The summed E-state index contributed by atoms with van der Waals surface area (Å²) in [6.45, 7) is 0.913. The highest BCUT2D eigenvalue weighted by Gasteiger charge is 2.53. The van der Waals surface area contributed by atoms with Gasteiger partial charge in [0, 0.05) is 12.6 Å². The zero-order valence-corrected chi connectivity index (χ0v) is 10.6. The Labute approximate surface area is 104 Å². The van der Waals surface area contributed by atoms with Gasteiger partial charge in [0.2, 0.25) is 0 Å². The van der Waals surface area contributed by atoms with Gasteiger partial charge in [-0.2, -0.15) is 0 Å². The van der Waals surface area contributed by atoms with Crippen LogP contribution < -0.4 is 10.6 Å². The molecule has 0 aromatic heterocycles. The van der Waals surface area contributed by atoms with Crippen LogP contribution >= 0.6 is 0 Å². The fourth-order valence-corrected chi connectivity index (χ4v) is 3.33. The van der Waals surface area contributed by atoms with Crippen molar-refractivity contribution in [1.82, 2.24) is 10.6 Å². The lowest BCUT2D eigenvalue weighted by molar-refractivity contribution is 0.229. The van der Waals surface area contributed by atoms with E-state index in [1.54, 1.807) is 0 Å². The van der Waals surface area contributed by atoms with E-state index in [0.29, 0.717) is 11.5 Å². The third-order valence-electron chi connectivity index (χ3n) is 4.88. The summed E-state index contributed by atoms with van der Waals surface area (Å²) in [5.74, 6) is 0.928. The summed E-state index contributed by atoms with van der Waals surface area (Å²) in [5.41, 5.74) is 0.518. The van der Waals surface area contributed by atoms with E-state index in [-0.39, 0.29) is 6.03 Å². The smallest absolute Gasteiger partial charge is 0.315 e. The first-order valence-corrected chi connectivity index (χ1v) is 7.33. The molecule has 0 saturated heterocycles. The molecule has 0 aromatic carbocycles. The lowest BCUT2D eigenvalue weighted by Gasteiger charge is -2.23. The van der Waals surface area contributed by atoms with Crippen LogP contribution in [0.15, 0.2) is 0 Å². The Morgan fingerprint density at radius 2 is 1.76 bits per heavy atom. The minimum absolute atomic E-state index is 0.0730. The van der Waals surface area contributed by atoms with Gasteiger partial charge in [-0.25, -0.2) is 4.79 Å². The van der Waals surface area contributed by atoms with Gasteiger partial charge < -0.3 is 10.6 Å². The van der Waals surface area contributed by atoms with Crippen molar-refractivity contribution in [2.24, 2.45) is 11.3 Å². The maximum absolute atomic E-state index is 11.8. The molecule has 3 aliphatic rings. The van der Waals surface area contributed by atoms with Gasteiger partial charge in [-0.1, -0.05) is 19.3 Å². The minimum Gasteiger partial charge on any atom is -0.338 e. The molecule has 0 aliphatic heterocycles. The molecule has 96 valence electrons. The Hall–Kier alpha value is -0.730. The average molecular weight is 236 g/mol. The number of urea groups is 1. The summed E-state index contributed by atoms with van der Waals surface area (Å²) < 4.78 is 0. The summed E-state index contributed by atoms with van der Waals surface area (Å²) in [6, 6.07) is 0.503. The van der Waals surface area contributed by atoms with E-state index >= 15 is 0 Å². The standard InChI is InChI=1S/C14H24N2O/c17-13(16-12-4-2-1-3-5-12)15-10-14(8-9-14)11-6-7-11/h11-12H,1-10H2,(H2,15,16,17). The Morgan fingerprint density at radius 1 is 1.06 bits per heavy atom. The Kier molecular flexibility index (Phi) is 3.01. The molecule has 17 heavy (non-hydrogen) atoms. The predicted octanol–water partition coefficient (Wildman–Crippen LogP) is 2.81.